The molecule has 4 nitrogen and oxygen atoms in total. The van der Waals surface area contributed by atoms with Crippen LogP contribution < -0.4 is 5.73 Å². The Bertz CT molecular complexity index is 431. The van der Waals surface area contributed by atoms with E-state index in [1.54, 1.807) is 11.9 Å². The summed E-state index contributed by atoms with van der Waals surface area (Å²) < 4.78 is 0. The van der Waals surface area contributed by atoms with Crippen molar-refractivity contribution in [1.82, 2.24) is 4.90 Å². The number of nitrogens with zero attached hydrogens (tertiary/aromatic N) is 1. The van der Waals surface area contributed by atoms with Crippen molar-refractivity contribution in [3.8, 4) is 0 Å². The molecule has 18 heavy (non-hydrogen) atoms. The molecule has 3 N–H and O–H groups in total. The smallest absolute Gasteiger partial charge is 0.317 e. The summed E-state index contributed by atoms with van der Waals surface area (Å²) >= 11 is 5.03. The van der Waals surface area contributed by atoms with E-state index in [0.717, 1.165) is 12.0 Å². The minimum atomic E-state index is -0.899. The number of thiocarbonyl (C=S) groups is 1. The zero-order chi connectivity index (χ0) is 13.7. The van der Waals surface area contributed by atoms with E-state index in [0.29, 0.717) is 0 Å². The van der Waals surface area contributed by atoms with Gasteiger partial charge in [-0.25, -0.2) is 0 Å². The van der Waals surface area contributed by atoms with Gasteiger partial charge in [-0.3, -0.25) is 9.69 Å². The van der Waals surface area contributed by atoms with Crippen LogP contribution in [0.25, 0.3) is 0 Å². The zero-order valence-corrected chi connectivity index (χ0v) is 11.4. The molecule has 0 aliphatic carbocycles. The van der Waals surface area contributed by atoms with E-state index in [4.69, 9.17) is 23.1 Å². The lowest BCUT2D eigenvalue weighted by molar-refractivity contribution is -0.138. The van der Waals surface area contributed by atoms with Crippen LogP contribution >= 0.6 is 12.2 Å². The van der Waals surface area contributed by atoms with E-state index >= 15 is 0 Å². The van der Waals surface area contributed by atoms with Gasteiger partial charge >= 0.3 is 5.97 Å². The van der Waals surface area contributed by atoms with Crippen LogP contribution in [0.5, 0.6) is 0 Å². The second kappa shape index (κ2) is 6.47. The highest BCUT2D eigenvalue weighted by Gasteiger charge is 2.21. The molecular formula is C13H18N2O2S. The van der Waals surface area contributed by atoms with E-state index < -0.39 is 5.97 Å². The van der Waals surface area contributed by atoms with Crippen LogP contribution in [0.3, 0.4) is 0 Å². The van der Waals surface area contributed by atoms with E-state index in [-0.39, 0.29) is 17.6 Å². The molecule has 0 aliphatic heterocycles. The van der Waals surface area contributed by atoms with Crippen LogP contribution in [0.1, 0.15) is 24.1 Å². The second-order valence-electron chi connectivity index (χ2n) is 4.21. The molecule has 0 bridgehead atoms. The van der Waals surface area contributed by atoms with Crippen LogP contribution in [-0.2, 0) is 11.2 Å². The van der Waals surface area contributed by atoms with Gasteiger partial charge in [0.25, 0.3) is 0 Å². The van der Waals surface area contributed by atoms with Gasteiger partial charge in [0.1, 0.15) is 0 Å². The number of aliphatic carboxylic acids is 1. The summed E-state index contributed by atoms with van der Waals surface area (Å²) in [5.41, 5.74) is 7.86. The van der Waals surface area contributed by atoms with E-state index in [1.807, 2.05) is 24.3 Å². The van der Waals surface area contributed by atoms with Gasteiger partial charge in [0.15, 0.2) is 0 Å². The third kappa shape index (κ3) is 3.78. The quantitative estimate of drug-likeness (QED) is 0.765. The molecule has 98 valence electrons. The monoisotopic (exact) mass is 266 g/mol. The minimum absolute atomic E-state index is 0.0997. The Balaban J connectivity index is 2.96. The molecule has 1 unspecified atom stereocenters. The summed E-state index contributed by atoms with van der Waals surface area (Å²) in [5.74, 6) is -0.899. The number of carboxylic acids is 1. The summed E-state index contributed by atoms with van der Waals surface area (Å²) in [4.78, 5) is 12.7. The van der Waals surface area contributed by atoms with Crippen molar-refractivity contribution in [2.75, 3.05) is 13.6 Å². The van der Waals surface area contributed by atoms with Gasteiger partial charge in [-0.15, -0.1) is 0 Å². The van der Waals surface area contributed by atoms with Gasteiger partial charge in [0.2, 0.25) is 0 Å². The largest absolute Gasteiger partial charge is 0.480 e. The number of carbonyl (C=O) groups is 1. The van der Waals surface area contributed by atoms with Gasteiger partial charge in [0.05, 0.1) is 17.6 Å². The number of nitrogens with two attached hydrogens (primary N) is 1. The molecule has 0 heterocycles. The van der Waals surface area contributed by atoms with Gasteiger partial charge < -0.3 is 10.8 Å². The first-order valence-corrected chi connectivity index (χ1v) is 6.16. The third-order valence-electron chi connectivity index (χ3n) is 2.80. The van der Waals surface area contributed by atoms with Crippen molar-refractivity contribution >= 4 is 23.2 Å². The standard InChI is InChI=1S/C13H18N2O2S/c1-3-9-4-6-10(7-5-9)12(13(14)18)15(2)8-11(16)17/h4-7,12H,3,8H2,1-2H3,(H2,14,18)(H,16,17). The fourth-order valence-electron chi connectivity index (χ4n) is 1.88. The number of likely N-dealkylation sites (N-methyl/N-ethyl adjacent to an activating group) is 1. The Morgan fingerprint density at radius 2 is 2.00 bits per heavy atom. The maximum Gasteiger partial charge on any atom is 0.317 e. The molecule has 0 aliphatic rings. The van der Waals surface area contributed by atoms with E-state index in [2.05, 4.69) is 6.92 Å². The molecule has 1 aromatic carbocycles. The first-order valence-electron chi connectivity index (χ1n) is 5.76. The second-order valence-corrected chi connectivity index (χ2v) is 4.68. The summed E-state index contributed by atoms with van der Waals surface area (Å²) in [6.45, 7) is 1.98. The van der Waals surface area contributed by atoms with Crippen molar-refractivity contribution in [1.29, 1.82) is 0 Å². The van der Waals surface area contributed by atoms with Crippen molar-refractivity contribution in [3.63, 3.8) is 0 Å². The molecule has 0 saturated heterocycles. The Morgan fingerprint density at radius 1 is 1.44 bits per heavy atom. The lowest BCUT2D eigenvalue weighted by Crippen LogP contribution is -2.37. The minimum Gasteiger partial charge on any atom is -0.480 e. The highest BCUT2D eigenvalue weighted by Crippen LogP contribution is 2.20. The number of hydrogen-bond acceptors (Lipinski definition) is 3. The lowest BCUT2D eigenvalue weighted by atomic mass is 10.0. The molecule has 1 aromatic rings. The van der Waals surface area contributed by atoms with Crippen molar-refractivity contribution in [3.05, 3.63) is 35.4 Å². The maximum atomic E-state index is 10.7. The SMILES string of the molecule is CCc1ccc(C(C(N)=S)N(C)CC(=O)O)cc1. The van der Waals surface area contributed by atoms with E-state index in [9.17, 15) is 4.79 Å². The predicted octanol–water partition coefficient (Wildman–Crippen LogP) is 1.59. The fraction of sp³-hybridized carbons (Fsp3) is 0.385. The fourth-order valence-corrected chi connectivity index (χ4v) is 2.19. The van der Waals surface area contributed by atoms with Crippen molar-refractivity contribution in [2.24, 2.45) is 5.73 Å². The topological polar surface area (TPSA) is 66.6 Å². The van der Waals surface area contributed by atoms with Gasteiger partial charge in [-0.2, -0.15) is 0 Å². The summed E-state index contributed by atoms with van der Waals surface area (Å²) in [7, 11) is 1.70. The number of hydrogen-bond donors (Lipinski definition) is 2. The van der Waals surface area contributed by atoms with Crippen LogP contribution in [-0.4, -0.2) is 34.6 Å². The summed E-state index contributed by atoms with van der Waals surface area (Å²) in [6.07, 6.45) is 0.961. The van der Waals surface area contributed by atoms with Gasteiger partial charge in [-0.1, -0.05) is 43.4 Å². The summed E-state index contributed by atoms with van der Waals surface area (Å²) in [5, 5.41) is 8.82. The maximum absolute atomic E-state index is 10.7. The van der Waals surface area contributed by atoms with Gasteiger partial charge in [-0.05, 0) is 24.6 Å². The number of carboxylic acid groups (broad SMARTS) is 1. The predicted molar refractivity (Wildman–Crippen MR) is 75.6 cm³/mol. The molecule has 0 spiro atoms. The normalized spacial score (nSPS) is 12.4. The van der Waals surface area contributed by atoms with E-state index in [1.165, 1.54) is 5.56 Å². The zero-order valence-electron chi connectivity index (χ0n) is 10.6. The van der Waals surface area contributed by atoms with Crippen LogP contribution in [0.2, 0.25) is 0 Å². The average Bonchev–Trinajstić information content (AvgIpc) is 2.28. The van der Waals surface area contributed by atoms with Crippen molar-refractivity contribution in [2.45, 2.75) is 19.4 Å². The number of aryl methyl sites for hydroxylation is 1. The Morgan fingerprint density at radius 3 is 2.39 bits per heavy atom. The Hall–Kier alpha value is -1.46. The molecule has 0 radical (unpaired) electrons. The van der Waals surface area contributed by atoms with Gasteiger partial charge in [0, 0.05) is 0 Å². The molecule has 0 fully saturated rings. The molecule has 0 saturated carbocycles. The molecular weight excluding hydrogens is 248 g/mol. The average molecular weight is 266 g/mol. The summed E-state index contributed by atoms with van der Waals surface area (Å²) in [6, 6.07) is 7.56. The highest BCUT2D eigenvalue weighted by atomic mass is 32.1. The Kier molecular flexibility index (Phi) is 5.25. The molecule has 0 amide bonds. The number of rotatable bonds is 6. The first-order chi connectivity index (χ1) is 8.45. The molecule has 1 atom stereocenters. The highest BCUT2D eigenvalue weighted by molar-refractivity contribution is 7.80. The first kappa shape index (κ1) is 14.6. The molecule has 5 heteroatoms. The molecule has 0 aromatic heterocycles. The lowest BCUT2D eigenvalue weighted by Gasteiger charge is -2.26. The van der Waals surface area contributed by atoms with Crippen LogP contribution in [0, 0.1) is 0 Å². The van der Waals surface area contributed by atoms with Crippen LogP contribution in [0.4, 0.5) is 0 Å². The molecule has 1 rings (SSSR count). The van der Waals surface area contributed by atoms with Crippen LogP contribution in [0.15, 0.2) is 24.3 Å². The van der Waals surface area contributed by atoms with Crippen molar-refractivity contribution < 1.29 is 9.90 Å². The number of benzene rings is 1. The Labute approximate surface area is 112 Å². The third-order valence-corrected chi connectivity index (χ3v) is 3.02.